The van der Waals surface area contributed by atoms with Crippen LogP contribution in [0.3, 0.4) is 0 Å². The smallest absolute Gasteiger partial charge is 0.305 e. The molecule has 2 rings (SSSR count). The quantitative estimate of drug-likeness (QED) is 0.824. The number of carboxylic acid groups (broad SMARTS) is 1. The summed E-state index contributed by atoms with van der Waals surface area (Å²) in [5, 5.41) is 12.6. The number of aliphatic carboxylic acids is 1. The first-order valence-electron chi connectivity index (χ1n) is 6.75. The lowest BCUT2D eigenvalue weighted by Gasteiger charge is -2.22. The molecule has 0 radical (unpaired) electrons. The van der Waals surface area contributed by atoms with Crippen LogP contribution in [0.25, 0.3) is 0 Å². The Morgan fingerprint density at radius 2 is 2.09 bits per heavy atom. The Morgan fingerprint density at radius 3 is 2.68 bits per heavy atom. The highest BCUT2D eigenvalue weighted by Gasteiger charge is 2.19. The molecule has 0 aliphatic heterocycles. The van der Waals surface area contributed by atoms with Crippen LogP contribution in [0.1, 0.15) is 27.9 Å². The molecule has 6 heteroatoms. The molecule has 1 heterocycles. The van der Waals surface area contributed by atoms with Gasteiger partial charge >= 0.3 is 5.97 Å². The summed E-state index contributed by atoms with van der Waals surface area (Å²) in [5.74, 6) is -1.03. The number of carbonyl (C=O) groups is 2. The van der Waals surface area contributed by atoms with Gasteiger partial charge in [0.05, 0.1) is 12.0 Å². The molecule has 4 nitrogen and oxygen atoms in total. The maximum atomic E-state index is 12.7. The summed E-state index contributed by atoms with van der Waals surface area (Å²) in [6.45, 7) is 2.47. The second-order valence-corrected chi connectivity index (χ2v) is 6.63. The van der Waals surface area contributed by atoms with Crippen LogP contribution in [0.2, 0.25) is 0 Å². The summed E-state index contributed by atoms with van der Waals surface area (Å²) in [5.41, 5.74) is 2.52. The van der Waals surface area contributed by atoms with Crippen molar-refractivity contribution in [3.8, 4) is 0 Å². The maximum absolute atomic E-state index is 12.7. The average Bonchev–Trinajstić information content (AvgIpc) is 2.88. The van der Waals surface area contributed by atoms with E-state index >= 15 is 0 Å². The van der Waals surface area contributed by atoms with Crippen molar-refractivity contribution in [2.75, 3.05) is 6.54 Å². The van der Waals surface area contributed by atoms with Crippen molar-refractivity contribution in [1.29, 1.82) is 0 Å². The molecule has 0 unspecified atom stereocenters. The van der Waals surface area contributed by atoms with Gasteiger partial charge in [0.2, 0.25) is 0 Å². The zero-order chi connectivity index (χ0) is 16.1. The van der Waals surface area contributed by atoms with Gasteiger partial charge in [-0.05, 0) is 35.6 Å². The SMILES string of the molecule is Cc1cscc1C(=O)N(CCC(=O)O)Cc1cccc(Br)c1. The number of aryl methyl sites for hydroxylation is 1. The molecule has 0 fully saturated rings. The van der Waals surface area contributed by atoms with Crippen LogP contribution < -0.4 is 0 Å². The Hall–Kier alpha value is -1.66. The Labute approximate surface area is 141 Å². The van der Waals surface area contributed by atoms with Gasteiger partial charge in [-0.3, -0.25) is 9.59 Å². The van der Waals surface area contributed by atoms with Crippen LogP contribution in [-0.4, -0.2) is 28.4 Å². The van der Waals surface area contributed by atoms with Gasteiger partial charge in [0.15, 0.2) is 0 Å². The molecule has 0 atom stereocenters. The van der Waals surface area contributed by atoms with E-state index in [1.165, 1.54) is 11.3 Å². The van der Waals surface area contributed by atoms with Gasteiger partial charge in [-0.2, -0.15) is 11.3 Å². The fraction of sp³-hybridized carbons (Fsp3) is 0.250. The second kappa shape index (κ2) is 7.56. The third-order valence-corrected chi connectivity index (χ3v) is 4.59. The van der Waals surface area contributed by atoms with Crippen molar-refractivity contribution < 1.29 is 14.7 Å². The second-order valence-electron chi connectivity index (χ2n) is 4.97. The fourth-order valence-corrected chi connectivity index (χ4v) is 3.36. The minimum absolute atomic E-state index is 0.0665. The zero-order valence-electron chi connectivity index (χ0n) is 12.1. The molecule has 0 spiro atoms. The van der Waals surface area contributed by atoms with Gasteiger partial charge in [0, 0.05) is 22.9 Å². The normalized spacial score (nSPS) is 10.5. The van der Waals surface area contributed by atoms with E-state index < -0.39 is 5.97 Å². The maximum Gasteiger partial charge on any atom is 0.305 e. The van der Waals surface area contributed by atoms with E-state index in [2.05, 4.69) is 15.9 Å². The molecule has 2 aromatic rings. The van der Waals surface area contributed by atoms with Crippen molar-refractivity contribution in [1.82, 2.24) is 4.90 Å². The number of benzene rings is 1. The lowest BCUT2D eigenvalue weighted by molar-refractivity contribution is -0.137. The first-order valence-corrected chi connectivity index (χ1v) is 8.49. The van der Waals surface area contributed by atoms with Gasteiger partial charge in [0.25, 0.3) is 5.91 Å². The van der Waals surface area contributed by atoms with Crippen LogP contribution in [0.5, 0.6) is 0 Å². The minimum atomic E-state index is -0.908. The number of nitrogens with zero attached hydrogens (tertiary/aromatic N) is 1. The first-order chi connectivity index (χ1) is 10.5. The molecule has 0 bridgehead atoms. The molecule has 1 amide bonds. The summed E-state index contributed by atoms with van der Waals surface area (Å²) in [6, 6.07) is 7.67. The van der Waals surface area contributed by atoms with E-state index in [1.807, 2.05) is 41.9 Å². The summed E-state index contributed by atoms with van der Waals surface area (Å²) >= 11 is 4.88. The Bertz CT molecular complexity index is 684. The summed E-state index contributed by atoms with van der Waals surface area (Å²) in [4.78, 5) is 25.1. The summed E-state index contributed by atoms with van der Waals surface area (Å²) in [7, 11) is 0. The fourth-order valence-electron chi connectivity index (χ4n) is 2.09. The predicted molar refractivity (Wildman–Crippen MR) is 90.2 cm³/mol. The highest BCUT2D eigenvalue weighted by Crippen LogP contribution is 2.19. The lowest BCUT2D eigenvalue weighted by Crippen LogP contribution is -2.32. The molecule has 22 heavy (non-hydrogen) atoms. The van der Waals surface area contributed by atoms with Crippen molar-refractivity contribution in [3.63, 3.8) is 0 Å². The van der Waals surface area contributed by atoms with Crippen LogP contribution in [-0.2, 0) is 11.3 Å². The van der Waals surface area contributed by atoms with Crippen molar-refractivity contribution in [2.24, 2.45) is 0 Å². The molecular weight excluding hydrogens is 366 g/mol. The average molecular weight is 382 g/mol. The number of halogens is 1. The number of hydrogen-bond acceptors (Lipinski definition) is 3. The van der Waals surface area contributed by atoms with Gasteiger partial charge in [-0.15, -0.1) is 0 Å². The van der Waals surface area contributed by atoms with E-state index in [0.717, 1.165) is 15.6 Å². The molecule has 0 aliphatic rings. The lowest BCUT2D eigenvalue weighted by atomic mass is 10.1. The van der Waals surface area contributed by atoms with Crippen LogP contribution in [0.15, 0.2) is 39.5 Å². The highest BCUT2D eigenvalue weighted by atomic mass is 79.9. The number of carbonyl (C=O) groups excluding carboxylic acids is 1. The van der Waals surface area contributed by atoms with E-state index in [4.69, 9.17) is 5.11 Å². The van der Waals surface area contributed by atoms with E-state index in [1.54, 1.807) is 4.90 Å². The van der Waals surface area contributed by atoms with E-state index in [-0.39, 0.29) is 18.9 Å². The summed E-state index contributed by atoms with van der Waals surface area (Å²) in [6.07, 6.45) is -0.0665. The predicted octanol–water partition coefficient (Wildman–Crippen LogP) is 3.94. The number of rotatable bonds is 6. The number of hydrogen-bond donors (Lipinski definition) is 1. The van der Waals surface area contributed by atoms with E-state index in [9.17, 15) is 9.59 Å². The van der Waals surface area contributed by atoms with Gasteiger partial charge in [0.1, 0.15) is 0 Å². The standard InChI is InChI=1S/C16H16BrNO3S/c1-11-9-22-10-14(11)16(21)18(6-5-15(19)20)8-12-3-2-4-13(17)7-12/h2-4,7,9-10H,5-6,8H2,1H3,(H,19,20). The molecule has 1 aromatic heterocycles. The van der Waals surface area contributed by atoms with Crippen molar-refractivity contribution in [3.05, 3.63) is 56.2 Å². The molecule has 1 aromatic carbocycles. The largest absolute Gasteiger partial charge is 0.481 e. The molecular formula is C16H16BrNO3S. The van der Waals surface area contributed by atoms with Crippen molar-refractivity contribution in [2.45, 2.75) is 19.9 Å². The molecule has 1 N–H and O–H groups in total. The Kier molecular flexibility index (Phi) is 5.74. The van der Waals surface area contributed by atoms with Crippen LogP contribution >= 0.6 is 27.3 Å². The Balaban J connectivity index is 2.20. The Morgan fingerprint density at radius 1 is 1.32 bits per heavy atom. The number of thiophene rings is 1. The number of amides is 1. The van der Waals surface area contributed by atoms with Gasteiger partial charge in [-0.1, -0.05) is 28.1 Å². The van der Waals surface area contributed by atoms with Crippen LogP contribution in [0.4, 0.5) is 0 Å². The molecule has 0 saturated carbocycles. The molecule has 0 aliphatic carbocycles. The van der Waals surface area contributed by atoms with Gasteiger partial charge in [-0.25, -0.2) is 0 Å². The third-order valence-electron chi connectivity index (χ3n) is 3.23. The topological polar surface area (TPSA) is 57.6 Å². The van der Waals surface area contributed by atoms with E-state index in [0.29, 0.717) is 12.1 Å². The number of carboxylic acids is 1. The molecule has 0 saturated heterocycles. The monoisotopic (exact) mass is 381 g/mol. The summed E-state index contributed by atoms with van der Waals surface area (Å²) < 4.78 is 0.933. The zero-order valence-corrected chi connectivity index (χ0v) is 14.5. The highest BCUT2D eigenvalue weighted by molar-refractivity contribution is 9.10. The third kappa shape index (κ3) is 4.42. The minimum Gasteiger partial charge on any atom is -0.481 e. The molecule has 116 valence electrons. The van der Waals surface area contributed by atoms with Crippen molar-refractivity contribution >= 4 is 39.1 Å². The van der Waals surface area contributed by atoms with Crippen LogP contribution in [0, 0.1) is 6.92 Å². The first kappa shape index (κ1) is 16.7. The van der Waals surface area contributed by atoms with Gasteiger partial charge < -0.3 is 10.0 Å².